The fourth-order valence-corrected chi connectivity index (χ4v) is 3.87. The first-order valence-electron chi connectivity index (χ1n) is 8.40. The Morgan fingerprint density at radius 3 is 2.63 bits per heavy atom. The summed E-state index contributed by atoms with van der Waals surface area (Å²) in [6, 6.07) is -0.574. The van der Waals surface area contributed by atoms with E-state index in [4.69, 9.17) is 10.5 Å². The van der Waals surface area contributed by atoms with Gasteiger partial charge in [0.1, 0.15) is 11.0 Å². The maximum atomic E-state index is 12.8. The molecule has 10 heteroatoms. The zero-order valence-electron chi connectivity index (χ0n) is 15.2. The first-order valence-corrected chi connectivity index (χ1v) is 10.0. The van der Waals surface area contributed by atoms with Gasteiger partial charge in [0.2, 0.25) is 5.91 Å². The SMILES string of the molecule is CCCOC(=O)c1c(NC(=O)C(CC)n2cc(Br)cn2)sc(C(N)=O)c1C. The van der Waals surface area contributed by atoms with Crippen LogP contribution in [0.25, 0.3) is 0 Å². The number of amides is 2. The summed E-state index contributed by atoms with van der Waals surface area (Å²) in [6.07, 6.45) is 4.43. The molecule has 0 aromatic carbocycles. The molecule has 0 aliphatic heterocycles. The molecule has 2 aromatic heterocycles. The predicted octanol–water partition coefficient (Wildman–Crippen LogP) is 3.27. The summed E-state index contributed by atoms with van der Waals surface area (Å²) in [5.74, 6) is -1.61. The van der Waals surface area contributed by atoms with E-state index in [-0.39, 0.29) is 28.0 Å². The van der Waals surface area contributed by atoms with Gasteiger partial charge >= 0.3 is 5.97 Å². The predicted molar refractivity (Wildman–Crippen MR) is 106 cm³/mol. The van der Waals surface area contributed by atoms with E-state index in [0.717, 1.165) is 15.8 Å². The second kappa shape index (κ2) is 9.14. The third-order valence-electron chi connectivity index (χ3n) is 3.83. The number of aromatic nitrogens is 2. The normalized spacial score (nSPS) is 11.9. The van der Waals surface area contributed by atoms with Crippen molar-refractivity contribution in [3.8, 4) is 0 Å². The van der Waals surface area contributed by atoms with E-state index in [9.17, 15) is 14.4 Å². The van der Waals surface area contributed by atoms with Gasteiger partial charge in [0.05, 0.1) is 27.7 Å². The molecule has 3 N–H and O–H groups in total. The summed E-state index contributed by atoms with van der Waals surface area (Å²) in [5.41, 5.74) is 5.96. The Balaban J connectivity index is 2.35. The maximum Gasteiger partial charge on any atom is 0.341 e. The van der Waals surface area contributed by atoms with Gasteiger partial charge in [0.15, 0.2) is 0 Å². The molecule has 8 nitrogen and oxygen atoms in total. The first kappa shape index (κ1) is 21.1. The van der Waals surface area contributed by atoms with Gasteiger partial charge < -0.3 is 15.8 Å². The Morgan fingerprint density at radius 2 is 2.11 bits per heavy atom. The van der Waals surface area contributed by atoms with Gasteiger partial charge in [-0.05, 0) is 41.3 Å². The van der Waals surface area contributed by atoms with Gasteiger partial charge in [-0.3, -0.25) is 14.3 Å². The summed E-state index contributed by atoms with van der Waals surface area (Å²) in [6.45, 7) is 5.58. The Hall–Kier alpha value is -2.20. The summed E-state index contributed by atoms with van der Waals surface area (Å²) in [7, 11) is 0. The molecule has 2 aromatic rings. The van der Waals surface area contributed by atoms with Gasteiger partial charge in [-0.2, -0.15) is 5.10 Å². The zero-order valence-corrected chi connectivity index (χ0v) is 17.6. The second-order valence-electron chi connectivity index (χ2n) is 5.81. The number of rotatable bonds is 8. The first-order chi connectivity index (χ1) is 12.8. The minimum absolute atomic E-state index is 0.159. The van der Waals surface area contributed by atoms with Gasteiger partial charge in [0.25, 0.3) is 5.91 Å². The fourth-order valence-electron chi connectivity index (χ4n) is 2.52. The average molecular weight is 457 g/mol. The van der Waals surface area contributed by atoms with Crippen LogP contribution < -0.4 is 11.1 Å². The van der Waals surface area contributed by atoms with Crippen molar-refractivity contribution in [2.45, 2.75) is 39.7 Å². The number of nitrogens with two attached hydrogens (primary N) is 1. The molecular weight excluding hydrogens is 436 g/mol. The lowest BCUT2D eigenvalue weighted by Gasteiger charge is -2.15. The van der Waals surface area contributed by atoms with Crippen LogP contribution in [0.1, 0.15) is 58.3 Å². The lowest BCUT2D eigenvalue weighted by atomic mass is 10.1. The lowest BCUT2D eigenvalue weighted by Crippen LogP contribution is -2.26. The minimum atomic E-state index is -0.661. The Morgan fingerprint density at radius 1 is 1.41 bits per heavy atom. The largest absolute Gasteiger partial charge is 0.462 e. The van der Waals surface area contributed by atoms with Crippen LogP contribution in [-0.2, 0) is 9.53 Å². The summed E-state index contributed by atoms with van der Waals surface area (Å²) in [5, 5.41) is 7.13. The molecule has 0 radical (unpaired) electrons. The van der Waals surface area contributed by atoms with Crippen molar-refractivity contribution in [3.05, 3.63) is 32.9 Å². The highest BCUT2D eigenvalue weighted by atomic mass is 79.9. The molecule has 146 valence electrons. The third-order valence-corrected chi connectivity index (χ3v) is 5.46. The zero-order chi connectivity index (χ0) is 20.1. The lowest BCUT2D eigenvalue weighted by molar-refractivity contribution is -0.119. The summed E-state index contributed by atoms with van der Waals surface area (Å²) in [4.78, 5) is 37.1. The maximum absolute atomic E-state index is 12.8. The molecular formula is C17H21BrN4O4S. The van der Waals surface area contributed by atoms with Crippen LogP contribution >= 0.6 is 27.3 Å². The van der Waals surface area contributed by atoms with E-state index in [1.807, 2.05) is 13.8 Å². The second-order valence-corrected chi connectivity index (χ2v) is 7.75. The van der Waals surface area contributed by atoms with Gasteiger partial charge in [-0.25, -0.2) is 4.79 Å². The number of primary amides is 1. The molecule has 0 saturated heterocycles. The molecule has 0 aliphatic carbocycles. The van der Waals surface area contributed by atoms with Gasteiger partial charge in [-0.15, -0.1) is 11.3 Å². The number of carbonyl (C=O) groups is 3. The van der Waals surface area contributed by atoms with Crippen molar-refractivity contribution in [2.75, 3.05) is 11.9 Å². The van der Waals surface area contributed by atoms with Gasteiger partial charge in [0, 0.05) is 6.20 Å². The standard InChI is InChI=1S/C17H21BrN4O4S/c1-4-6-26-17(25)12-9(3)13(14(19)23)27-16(12)21-15(24)11(5-2)22-8-10(18)7-20-22/h7-8,11H,4-6H2,1-3H3,(H2,19,23)(H,21,24). The quantitative estimate of drug-likeness (QED) is 0.591. The molecule has 0 bridgehead atoms. The highest BCUT2D eigenvalue weighted by Gasteiger charge is 2.28. The minimum Gasteiger partial charge on any atom is -0.462 e. The summed E-state index contributed by atoms with van der Waals surface area (Å²) >= 11 is 4.27. The molecule has 0 fully saturated rings. The molecule has 27 heavy (non-hydrogen) atoms. The number of esters is 1. The van der Waals surface area contributed by atoms with Crippen LogP contribution in [0.2, 0.25) is 0 Å². The summed E-state index contributed by atoms with van der Waals surface area (Å²) < 4.78 is 7.47. The van der Waals surface area contributed by atoms with Crippen molar-refractivity contribution >= 4 is 50.1 Å². The van der Waals surface area contributed by atoms with Crippen LogP contribution in [0, 0.1) is 6.92 Å². The van der Waals surface area contributed by atoms with E-state index >= 15 is 0 Å². The highest BCUT2D eigenvalue weighted by molar-refractivity contribution is 9.10. The Bertz CT molecular complexity index is 861. The van der Waals surface area contributed by atoms with Crippen LogP contribution in [0.4, 0.5) is 5.00 Å². The topological polar surface area (TPSA) is 116 Å². The Kier molecular flexibility index (Phi) is 7.14. The number of nitrogens with zero attached hydrogens (tertiary/aromatic N) is 2. The number of carbonyl (C=O) groups excluding carboxylic acids is 3. The molecule has 2 amide bonds. The van der Waals surface area contributed by atoms with Crippen LogP contribution in [0.3, 0.4) is 0 Å². The number of thiophene rings is 1. The van der Waals surface area contributed by atoms with Crippen molar-refractivity contribution in [1.82, 2.24) is 9.78 Å². The van der Waals surface area contributed by atoms with E-state index in [0.29, 0.717) is 18.4 Å². The number of ether oxygens (including phenoxy) is 1. The number of hydrogen-bond acceptors (Lipinski definition) is 6. The molecule has 0 saturated carbocycles. The number of halogens is 1. The number of hydrogen-bond donors (Lipinski definition) is 2. The van der Waals surface area contributed by atoms with Crippen LogP contribution in [0.5, 0.6) is 0 Å². The molecule has 2 heterocycles. The van der Waals surface area contributed by atoms with Crippen molar-refractivity contribution < 1.29 is 19.1 Å². The molecule has 0 aliphatic rings. The Labute approximate surface area is 169 Å². The molecule has 1 atom stereocenters. The van der Waals surface area contributed by atoms with E-state index in [1.54, 1.807) is 19.3 Å². The average Bonchev–Trinajstić information content (AvgIpc) is 3.17. The van der Waals surface area contributed by atoms with Crippen molar-refractivity contribution in [3.63, 3.8) is 0 Å². The van der Waals surface area contributed by atoms with Crippen molar-refractivity contribution in [2.24, 2.45) is 5.73 Å². The molecule has 0 spiro atoms. The van der Waals surface area contributed by atoms with Gasteiger partial charge in [-0.1, -0.05) is 13.8 Å². The van der Waals surface area contributed by atoms with Crippen LogP contribution in [0.15, 0.2) is 16.9 Å². The van der Waals surface area contributed by atoms with E-state index in [2.05, 4.69) is 26.3 Å². The van der Waals surface area contributed by atoms with E-state index in [1.165, 1.54) is 4.68 Å². The van der Waals surface area contributed by atoms with Crippen LogP contribution in [-0.4, -0.2) is 34.2 Å². The fraction of sp³-hybridized carbons (Fsp3) is 0.412. The molecule has 1 unspecified atom stereocenters. The monoisotopic (exact) mass is 456 g/mol. The number of anilines is 1. The molecule has 2 rings (SSSR count). The van der Waals surface area contributed by atoms with Crippen molar-refractivity contribution in [1.29, 1.82) is 0 Å². The highest BCUT2D eigenvalue weighted by Crippen LogP contribution is 2.34. The third kappa shape index (κ3) is 4.75. The van der Waals surface area contributed by atoms with E-state index < -0.39 is 17.9 Å². The number of nitrogens with one attached hydrogen (secondary N) is 1. The smallest absolute Gasteiger partial charge is 0.341 e.